The first-order valence-electron chi connectivity index (χ1n) is 8.81. The molecule has 0 saturated carbocycles. The van der Waals surface area contributed by atoms with Crippen LogP contribution in [-0.2, 0) is 0 Å². The molecule has 1 aliphatic heterocycles. The Labute approximate surface area is 167 Å². The normalized spacial score (nSPS) is 12.9. The Kier molecular flexibility index (Phi) is 5.09. The molecule has 1 fully saturated rings. The summed E-state index contributed by atoms with van der Waals surface area (Å²) in [4.78, 5) is 27.1. The summed E-state index contributed by atoms with van der Waals surface area (Å²) in [7, 11) is 0. The Bertz CT molecular complexity index is 1080. The van der Waals surface area contributed by atoms with Crippen LogP contribution in [0.3, 0.4) is 0 Å². The van der Waals surface area contributed by atoms with Crippen molar-refractivity contribution in [2.45, 2.75) is 0 Å². The zero-order valence-corrected chi connectivity index (χ0v) is 15.8. The maximum Gasteiger partial charge on any atom is 0.321 e. The van der Waals surface area contributed by atoms with E-state index in [1.165, 1.54) is 0 Å². The van der Waals surface area contributed by atoms with Gasteiger partial charge in [-0.05, 0) is 47.8 Å². The van der Waals surface area contributed by atoms with E-state index in [0.717, 1.165) is 10.4 Å². The minimum atomic E-state index is -0.232. The fraction of sp³-hybridized carbons (Fsp3) is 0.0909. The van der Waals surface area contributed by atoms with E-state index in [2.05, 4.69) is 22.5 Å². The van der Waals surface area contributed by atoms with E-state index in [1.54, 1.807) is 34.4 Å². The van der Waals surface area contributed by atoms with Crippen molar-refractivity contribution < 1.29 is 9.59 Å². The summed E-state index contributed by atoms with van der Waals surface area (Å²) in [6, 6.07) is 18.3. The van der Waals surface area contributed by atoms with Crippen molar-refractivity contribution in [3.8, 4) is 11.8 Å². The van der Waals surface area contributed by atoms with Crippen LogP contribution in [0.2, 0.25) is 0 Å². The summed E-state index contributed by atoms with van der Waals surface area (Å²) >= 11 is 1.59. The van der Waals surface area contributed by atoms with Crippen LogP contribution in [0.25, 0.3) is 0 Å². The van der Waals surface area contributed by atoms with E-state index >= 15 is 0 Å². The van der Waals surface area contributed by atoms with Gasteiger partial charge in [-0.15, -0.1) is 11.3 Å². The van der Waals surface area contributed by atoms with Crippen LogP contribution in [0.4, 0.5) is 16.2 Å². The van der Waals surface area contributed by atoms with E-state index in [-0.39, 0.29) is 11.9 Å². The highest BCUT2D eigenvalue weighted by Gasteiger charge is 2.21. The van der Waals surface area contributed by atoms with Crippen molar-refractivity contribution in [1.82, 2.24) is 5.32 Å². The van der Waals surface area contributed by atoms with Crippen molar-refractivity contribution >= 4 is 34.6 Å². The van der Waals surface area contributed by atoms with Crippen LogP contribution in [0.1, 0.15) is 20.8 Å². The third-order valence-electron chi connectivity index (χ3n) is 4.25. The highest BCUT2D eigenvalue weighted by Crippen LogP contribution is 2.19. The summed E-state index contributed by atoms with van der Waals surface area (Å²) < 4.78 is 0. The number of carbonyl (C=O) groups is 2. The molecular weight excluding hydrogens is 370 g/mol. The van der Waals surface area contributed by atoms with Gasteiger partial charge in [-0.25, -0.2) is 4.79 Å². The largest absolute Gasteiger partial charge is 0.336 e. The summed E-state index contributed by atoms with van der Waals surface area (Å²) in [5.74, 6) is 5.99. The molecular formula is C22H17N3O2S. The van der Waals surface area contributed by atoms with Gasteiger partial charge in [0.2, 0.25) is 0 Å². The van der Waals surface area contributed by atoms with Crippen LogP contribution in [0, 0.1) is 11.8 Å². The van der Waals surface area contributed by atoms with Crippen LogP contribution >= 0.6 is 11.3 Å². The van der Waals surface area contributed by atoms with Gasteiger partial charge >= 0.3 is 6.03 Å². The molecule has 2 heterocycles. The van der Waals surface area contributed by atoms with Gasteiger partial charge in [-0.1, -0.05) is 30.0 Å². The molecule has 0 atom stereocenters. The molecule has 0 unspecified atom stereocenters. The van der Waals surface area contributed by atoms with Crippen LogP contribution in [0.5, 0.6) is 0 Å². The smallest absolute Gasteiger partial charge is 0.321 e. The monoisotopic (exact) mass is 387 g/mol. The van der Waals surface area contributed by atoms with Gasteiger partial charge in [0.25, 0.3) is 5.91 Å². The zero-order valence-electron chi connectivity index (χ0n) is 14.9. The number of urea groups is 1. The lowest BCUT2D eigenvalue weighted by atomic mass is 10.1. The molecule has 4 rings (SSSR count). The molecule has 1 saturated heterocycles. The summed E-state index contributed by atoms with van der Waals surface area (Å²) in [6.07, 6.45) is 0. The predicted octanol–water partition coefficient (Wildman–Crippen LogP) is 3.93. The summed E-state index contributed by atoms with van der Waals surface area (Å²) in [6.45, 7) is 1.20. The average Bonchev–Trinajstić information content (AvgIpc) is 3.38. The van der Waals surface area contributed by atoms with Crippen molar-refractivity contribution in [3.05, 3.63) is 82.0 Å². The molecule has 5 nitrogen and oxygen atoms in total. The van der Waals surface area contributed by atoms with Gasteiger partial charge in [-0.2, -0.15) is 0 Å². The van der Waals surface area contributed by atoms with Gasteiger partial charge in [0.15, 0.2) is 0 Å². The number of rotatable bonds is 3. The predicted molar refractivity (Wildman–Crippen MR) is 112 cm³/mol. The van der Waals surface area contributed by atoms with E-state index in [9.17, 15) is 9.59 Å². The first-order valence-corrected chi connectivity index (χ1v) is 9.69. The number of carbonyl (C=O) groups excluding carboxylic acids is 2. The van der Waals surface area contributed by atoms with E-state index in [0.29, 0.717) is 30.0 Å². The second-order valence-electron chi connectivity index (χ2n) is 6.20. The Morgan fingerprint density at radius 3 is 2.75 bits per heavy atom. The molecule has 0 spiro atoms. The van der Waals surface area contributed by atoms with E-state index in [4.69, 9.17) is 0 Å². The van der Waals surface area contributed by atoms with Gasteiger partial charge in [-0.3, -0.25) is 9.69 Å². The van der Waals surface area contributed by atoms with Crippen LogP contribution < -0.4 is 15.5 Å². The molecule has 138 valence electrons. The molecule has 0 aliphatic carbocycles. The quantitative estimate of drug-likeness (QED) is 0.669. The van der Waals surface area contributed by atoms with Crippen molar-refractivity contribution in [2.24, 2.45) is 0 Å². The Balaban J connectivity index is 1.49. The number of hydrogen-bond acceptors (Lipinski definition) is 3. The van der Waals surface area contributed by atoms with Gasteiger partial charge in [0.05, 0.1) is 4.88 Å². The van der Waals surface area contributed by atoms with Gasteiger partial charge in [0, 0.05) is 35.6 Å². The summed E-state index contributed by atoms with van der Waals surface area (Å²) in [5, 5.41) is 7.64. The number of thiophene rings is 1. The maximum absolute atomic E-state index is 12.7. The number of amides is 3. The molecule has 28 heavy (non-hydrogen) atoms. The van der Waals surface area contributed by atoms with Gasteiger partial charge < -0.3 is 10.6 Å². The third-order valence-corrected chi connectivity index (χ3v) is 5.03. The Morgan fingerprint density at radius 2 is 1.96 bits per heavy atom. The second kappa shape index (κ2) is 7.99. The molecule has 3 aromatic rings. The number of anilines is 2. The summed E-state index contributed by atoms with van der Waals surface area (Å²) in [5.41, 5.74) is 2.70. The number of hydrogen-bond donors (Lipinski definition) is 2. The van der Waals surface area contributed by atoms with Gasteiger partial charge in [0.1, 0.15) is 0 Å². The van der Waals surface area contributed by atoms with E-state index < -0.39 is 0 Å². The molecule has 1 aromatic heterocycles. The Hall–Kier alpha value is -3.56. The number of benzene rings is 2. The minimum Gasteiger partial charge on any atom is -0.336 e. The lowest BCUT2D eigenvalue weighted by molar-refractivity contribution is 0.102. The van der Waals surface area contributed by atoms with E-state index in [1.807, 2.05) is 47.8 Å². The molecule has 2 N–H and O–H groups in total. The number of nitrogens with zero attached hydrogens (tertiary/aromatic N) is 1. The zero-order chi connectivity index (χ0) is 19.3. The minimum absolute atomic E-state index is 0.144. The SMILES string of the molecule is O=C(Nc1cccc(C#Cc2cccs2)c1)c1cccc(N2CCNC2=O)c1. The fourth-order valence-electron chi connectivity index (χ4n) is 2.89. The van der Waals surface area contributed by atoms with Crippen molar-refractivity contribution in [1.29, 1.82) is 0 Å². The molecule has 0 radical (unpaired) electrons. The lowest BCUT2D eigenvalue weighted by Crippen LogP contribution is -2.27. The molecule has 1 aliphatic rings. The Morgan fingerprint density at radius 1 is 1.07 bits per heavy atom. The molecule has 6 heteroatoms. The molecule has 3 amide bonds. The first kappa shape index (κ1) is 17.8. The van der Waals surface area contributed by atoms with Crippen molar-refractivity contribution in [3.63, 3.8) is 0 Å². The molecule has 2 aromatic carbocycles. The topological polar surface area (TPSA) is 61.4 Å². The van der Waals surface area contributed by atoms with Crippen molar-refractivity contribution in [2.75, 3.05) is 23.3 Å². The maximum atomic E-state index is 12.7. The fourth-order valence-corrected chi connectivity index (χ4v) is 3.47. The highest BCUT2D eigenvalue weighted by molar-refractivity contribution is 7.10. The third kappa shape index (κ3) is 4.05. The highest BCUT2D eigenvalue weighted by atomic mass is 32.1. The van der Waals surface area contributed by atoms with Crippen LogP contribution in [-0.4, -0.2) is 25.0 Å². The lowest BCUT2D eigenvalue weighted by Gasteiger charge is -2.15. The van der Waals surface area contributed by atoms with Crippen LogP contribution in [0.15, 0.2) is 66.0 Å². The molecule has 0 bridgehead atoms. The first-order chi connectivity index (χ1) is 13.7. The number of nitrogens with one attached hydrogen (secondary N) is 2. The standard InChI is InChI=1S/C22H17N3O2S/c26-21(17-5-2-7-19(15-17)25-12-11-23-22(25)27)24-18-6-1-4-16(14-18)9-10-20-8-3-13-28-20/h1-8,13-15H,11-12H2,(H,23,27)(H,24,26). The average molecular weight is 387 g/mol. The second-order valence-corrected chi connectivity index (χ2v) is 7.14.